The number of fused-ring (bicyclic) bond motifs is 1. The van der Waals surface area contributed by atoms with E-state index in [-0.39, 0.29) is 12.3 Å². The molecule has 1 atom stereocenters. The van der Waals surface area contributed by atoms with Gasteiger partial charge in [0.25, 0.3) is 0 Å². The van der Waals surface area contributed by atoms with Crippen molar-refractivity contribution < 1.29 is 14.7 Å². The van der Waals surface area contributed by atoms with Crippen molar-refractivity contribution in [3.8, 4) is 0 Å². The van der Waals surface area contributed by atoms with Crippen molar-refractivity contribution in [3.05, 3.63) is 23.5 Å². The number of nitrogens with one attached hydrogen (secondary N) is 1. The number of hydrogen-bond donors (Lipinski definition) is 2. The molecule has 2 aromatic rings. The largest absolute Gasteiger partial charge is 0.479 e. The molecule has 20 heavy (non-hydrogen) atoms. The van der Waals surface area contributed by atoms with Gasteiger partial charge in [0, 0.05) is 29.2 Å². The first kappa shape index (κ1) is 13.4. The van der Waals surface area contributed by atoms with Gasteiger partial charge in [-0.05, 0) is 12.2 Å². The second-order valence-corrected chi connectivity index (χ2v) is 6.66. The number of carbonyl (C=O) groups is 2. The molecule has 0 aromatic carbocycles. The van der Waals surface area contributed by atoms with Gasteiger partial charge in [-0.1, -0.05) is 0 Å². The van der Waals surface area contributed by atoms with E-state index in [0.29, 0.717) is 12.2 Å². The second-order valence-electron chi connectivity index (χ2n) is 4.72. The van der Waals surface area contributed by atoms with Crippen LogP contribution in [-0.4, -0.2) is 43.4 Å². The Hall–Kier alpha value is -1.54. The highest BCUT2D eigenvalue weighted by molar-refractivity contribution is 7.99. The lowest BCUT2D eigenvalue weighted by Gasteiger charge is -2.24. The maximum Gasteiger partial charge on any atom is 0.330 e. The predicted octanol–water partition coefficient (Wildman–Crippen LogP) is 1.01. The molecule has 1 fully saturated rings. The first-order chi connectivity index (χ1) is 9.61. The highest BCUT2D eigenvalue weighted by Gasteiger charge is 2.43. The van der Waals surface area contributed by atoms with Gasteiger partial charge >= 0.3 is 5.97 Å². The number of thiazole rings is 1. The van der Waals surface area contributed by atoms with Gasteiger partial charge in [-0.2, -0.15) is 11.8 Å². The summed E-state index contributed by atoms with van der Waals surface area (Å²) in [5, 5.41) is 13.9. The zero-order valence-electron chi connectivity index (χ0n) is 10.5. The number of rotatable bonds is 4. The van der Waals surface area contributed by atoms with Crippen LogP contribution in [0.5, 0.6) is 0 Å². The Balaban J connectivity index is 1.74. The van der Waals surface area contributed by atoms with Gasteiger partial charge in [0.15, 0.2) is 4.96 Å². The van der Waals surface area contributed by atoms with Gasteiger partial charge in [-0.25, -0.2) is 9.78 Å². The van der Waals surface area contributed by atoms with Crippen molar-refractivity contribution in [1.29, 1.82) is 0 Å². The zero-order chi connectivity index (χ0) is 14.2. The highest BCUT2D eigenvalue weighted by atomic mass is 32.2. The van der Waals surface area contributed by atoms with Crippen molar-refractivity contribution in [2.75, 3.05) is 11.5 Å². The number of carbonyl (C=O) groups excluding carboxylic acids is 1. The van der Waals surface area contributed by atoms with Crippen molar-refractivity contribution in [2.45, 2.75) is 18.4 Å². The fourth-order valence-electron chi connectivity index (χ4n) is 2.26. The first-order valence-corrected chi connectivity index (χ1v) is 8.16. The summed E-state index contributed by atoms with van der Waals surface area (Å²) in [5.41, 5.74) is -0.280. The maximum atomic E-state index is 12.1. The lowest BCUT2D eigenvalue weighted by molar-refractivity contribution is -0.146. The summed E-state index contributed by atoms with van der Waals surface area (Å²) in [4.78, 5) is 28.5. The zero-order valence-corrected chi connectivity index (χ0v) is 12.2. The van der Waals surface area contributed by atoms with Crippen LogP contribution < -0.4 is 5.32 Å². The minimum atomic E-state index is -1.11. The van der Waals surface area contributed by atoms with Gasteiger partial charge in [0.05, 0.1) is 6.42 Å². The molecule has 3 rings (SSSR count). The maximum absolute atomic E-state index is 12.1. The number of nitrogens with zero attached hydrogens (tertiary/aromatic N) is 2. The number of thioether (sulfide) groups is 1. The Kier molecular flexibility index (Phi) is 3.43. The highest BCUT2D eigenvalue weighted by Crippen LogP contribution is 2.28. The molecule has 6 nitrogen and oxygen atoms in total. The smallest absolute Gasteiger partial charge is 0.330 e. The van der Waals surface area contributed by atoms with E-state index in [4.69, 9.17) is 0 Å². The molecule has 3 heterocycles. The summed E-state index contributed by atoms with van der Waals surface area (Å²) in [5.74, 6) is -0.0214. The van der Waals surface area contributed by atoms with E-state index in [1.54, 1.807) is 24.2 Å². The van der Waals surface area contributed by atoms with Crippen molar-refractivity contribution in [1.82, 2.24) is 14.7 Å². The summed E-state index contributed by atoms with van der Waals surface area (Å²) in [6, 6.07) is 0. The third-order valence-electron chi connectivity index (χ3n) is 3.37. The van der Waals surface area contributed by atoms with Crippen LogP contribution in [0.2, 0.25) is 0 Å². The Morgan fingerprint density at radius 1 is 1.55 bits per heavy atom. The molecule has 1 aliphatic heterocycles. The molecule has 0 bridgehead atoms. The molecule has 1 unspecified atom stereocenters. The number of aromatic nitrogens is 2. The van der Waals surface area contributed by atoms with E-state index in [0.717, 1.165) is 16.4 Å². The fourth-order valence-corrected chi connectivity index (χ4v) is 4.44. The fraction of sp³-hybridized carbons (Fsp3) is 0.417. The van der Waals surface area contributed by atoms with Crippen molar-refractivity contribution in [3.63, 3.8) is 0 Å². The minimum Gasteiger partial charge on any atom is -0.479 e. The molecule has 1 aliphatic rings. The first-order valence-electron chi connectivity index (χ1n) is 6.12. The molecule has 0 saturated carbocycles. The van der Waals surface area contributed by atoms with Gasteiger partial charge in [-0.3, -0.25) is 9.20 Å². The van der Waals surface area contributed by atoms with Crippen LogP contribution in [0.1, 0.15) is 12.1 Å². The summed E-state index contributed by atoms with van der Waals surface area (Å²) in [6.07, 6.45) is 4.12. The van der Waals surface area contributed by atoms with E-state index in [1.165, 1.54) is 11.3 Å². The van der Waals surface area contributed by atoms with E-state index in [1.807, 2.05) is 9.78 Å². The Labute approximate surface area is 123 Å². The van der Waals surface area contributed by atoms with Crippen LogP contribution in [0.15, 0.2) is 17.8 Å². The normalized spacial score (nSPS) is 22.2. The lowest BCUT2D eigenvalue weighted by atomic mass is 9.99. The van der Waals surface area contributed by atoms with Crippen LogP contribution in [0.4, 0.5) is 0 Å². The molecule has 106 valence electrons. The molecular weight excluding hydrogens is 298 g/mol. The molecule has 0 spiro atoms. The average molecular weight is 311 g/mol. The molecule has 1 amide bonds. The van der Waals surface area contributed by atoms with Gasteiger partial charge in [0.1, 0.15) is 5.54 Å². The van der Waals surface area contributed by atoms with Crippen LogP contribution in [0.25, 0.3) is 4.96 Å². The molecule has 1 saturated heterocycles. The van der Waals surface area contributed by atoms with Crippen LogP contribution in [0.3, 0.4) is 0 Å². The second kappa shape index (κ2) is 5.10. The van der Waals surface area contributed by atoms with E-state index < -0.39 is 11.5 Å². The molecule has 0 radical (unpaired) electrons. The third kappa shape index (κ3) is 2.29. The SMILES string of the molecule is O=C(Cc1csc2nccn12)NC1(C(=O)O)CCSC1. The van der Waals surface area contributed by atoms with E-state index in [9.17, 15) is 14.7 Å². The van der Waals surface area contributed by atoms with E-state index in [2.05, 4.69) is 10.3 Å². The topological polar surface area (TPSA) is 83.7 Å². The van der Waals surface area contributed by atoms with Gasteiger partial charge < -0.3 is 10.4 Å². The molecule has 8 heteroatoms. The number of carboxylic acid groups (broad SMARTS) is 1. The monoisotopic (exact) mass is 311 g/mol. The number of aliphatic carboxylic acids is 1. The molecule has 0 aliphatic carbocycles. The Bertz CT molecular complexity index is 658. The number of hydrogen-bond acceptors (Lipinski definition) is 5. The van der Waals surface area contributed by atoms with Crippen LogP contribution >= 0.6 is 23.1 Å². The minimum absolute atomic E-state index is 0.163. The summed E-state index contributed by atoms with van der Waals surface area (Å²) in [7, 11) is 0. The lowest BCUT2D eigenvalue weighted by Crippen LogP contribution is -2.55. The Morgan fingerprint density at radius 3 is 3.10 bits per heavy atom. The van der Waals surface area contributed by atoms with Crippen LogP contribution in [-0.2, 0) is 16.0 Å². The Morgan fingerprint density at radius 2 is 2.40 bits per heavy atom. The van der Waals surface area contributed by atoms with Crippen molar-refractivity contribution >= 4 is 39.9 Å². The average Bonchev–Trinajstić information content (AvgIpc) is 3.07. The number of amides is 1. The standard InChI is InChI=1S/C12H13N3O3S2/c16-9(14-12(10(17)18)1-4-19-7-12)5-8-6-20-11-13-2-3-15(8)11/h2-3,6H,1,4-5,7H2,(H,14,16)(H,17,18). The summed E-state index contributed by atoms with van der Waals surface area (Å²) >= 11 is 3.02. The summed E-state index contributed by atoms with van der Waals surface area (Å²) in [6.45, 7) is 0. The predicted molar refractivity (Wildman–Crippen MR) is 77.2 cm³/mol. The molecule has 2 N–H and O–H groups in total. The third-order valence-corrected chi connectivity index (χ3v) is 5.46. The number of imidazole rings is 1. The van der Waals surface area contributed by atoms with Crippen LogP contribution in [0, 0.1) is 0 Å². The van der Waals surface area contributed by atoms with Gasteiger partial charge in [0.2, 0.25) is 5.91 Å². The molecular formula is C12H13N3O3S2. The molecule has 2 aromatic heterocycles. The van der Waals surface area contributed by atoms with Gasteiger partial charge in [-0.15, -0.1) is 11.3 Å². The quantitative estimate of drug-likeness (QED) is 0.880. The van der Waals surface area contributed by atoms with E-state index >= 15 is 0 Å². The summed E-state index contributed by atoms with van der Waals surface area (Å²) < 4.78 is 1.85. The number of carboxylic acids is 1. The van der Waals surface area contributed by atoms with Crippen molar-refractivity contribution in [2.24, 2.45) is 0 Å².